The minimum atomic E-state index is -1.29. The van der Waals surface area contributed by atoms with E-state index >= 15 is 9.59 Å². The van der Waals surface area contributed by atoms with E-state index < -0.39 is 149 Å². The minimum absolute atomic E-state index is 0.0857. The van der Waals surface area contributed by atoms with E-state index in [1.807, 2.05) is 62.3 Å². The SMILES string of the molecule is CC[C@@H]1NC(=O)[C@H]([C@@H]2OCC[C@H]2C)N(C)C(=O)[C@H](C(C)C)N(C)C(=O)[C@H](CC(C)C)N(C)C(=O)[C@H](CC(C)C)N(C)C(=O)[C@@H](C)NC(=O)[C@H](C)NC(=O)[C@H](CC(C)C)N(C)C(=O)[C@H](C(C)C)NC(=O)[C@H](CC(C)C)N(C)C(=O)[C@@H](CC)N(C)C1=O. The number of amides is 11. The Morgan fingerprint density at radius 3 is 1.22 bits per heavy atom. The molecule has 2 fully saturated rings. The van der Waals surface area contributed by atoms with Crippen molar-refractivity contribution in [3.8, 4) is 0 Å². The van der Waals surface area contributed by atoms with Gasteiger partial charge >= 0.3 is 0 Å². The fourth-order valence-corrected chi connectivity index (χ4v) is 11.6. The summed E-state index contributed by atoms with van der Waals surface area (Å²) in [7, 11) is 10.3. The molecule has 23 nitrogen and oxygen atoms in total. The highest BCUT2D eigenvalue weighted by molar-refractivity contribution is 6.00. The molecule has 85 heavy (non-hydrogen) atoms. The van der Waals surface area contributed by atoms with Crippen molar-refractivity contribution >= 4 is 65.0 Å². The van der Waals surface area contributed by atoms with Crippen LogP contribution in [-0.4, -0.2) is 228 Å². The average molecular weight is 1200 g/mol. The zero-order valence-corrected chi connectivity index (χ0v) is 56.2. The minimum Gasteiger partial charge on any atom is -0.375 e. The lowest BCUT2D eigenvalue weighted by Gasteiger charge is -2.41. The fourth-order valence-electron chi connectivity index (χ4n) is 11.6. The predicted molar refractivity (Wildman–Crippen MR) is 327 cm³/mol. The van der Waals surface area contributed by atoms with Gasteiger partial charge in [0.1, 0.15) is 66.5 Å². The van der Waals surface area contributed by atoms with Crippen molar-refractivity contribution in [2.24, 2.45) is 41.4 Å². The van der Waals surface area contributed by atoms with Crippen LogP contribution in [-0.2, 0) is 57.5 Å². The highest BCUT2D eigenvalue weighted by Gasteiger charge is 2.47. The molecule has 2 heterocycles. The lowest BCUT2D eigenvalue weighted by Crippen LogP contribution is -2.63. The molecule has 4 N–H and O–H groups in total. The fraction of sp³-hybridized carbons (Fsp3) is 0.823. The third-order valence-electron chi connectivity index (χ3n) is 16.9. The summed E-state index contributed by atoms with van der Waals surface area (Å²) in [5.74, 6) is -8.56. The Labute approximate surface area is 508 Å². The maximum atomic E-state index is 15.2. The maximum absolute atomic E-state index is 15.2. The molecule has 0 bridgehead atoms. The molecule has 0 aliphatic carbocycles. The van der Waals surface area contributed by atoms with Crippen LogP contribution in [0, 0.1) is 41.4 Å². The molecule has 0 saturated carbocycles. The van der Waals surface area contributed by atoms with Gasteiger partial charge in [-0.05, 0) is 100 Å². The molecular formula is C62H111N11O12. The summed E-state index contributed by atoms with van der Waals surface area (Å²) in [5, 5.41) is 11.2. The second-order valence-corrected chi connectivity index (χ2v) is 26.5. The number of carbonyl (C=O) groups excluding carboxylic acids is 11. The molecule has 13 atom stereocenters. The number of carbonyl (C=O) groups is 11. The first-order valence-electron chi connectivity index (χ1n) is 31.0. The Bertz CT molecular complexity index is 2330. The molecule has 486 valence electrons. The van der Waals surface area contributed by atoms with Crippen molar-refractivity contribution in [1.29, 1.82) is 0 Å². The van der Waals surface area contributed by atoms with E-state index in [4.69, 9.17) is 4.74 Å². The van der Waals surface area contributed by atoms with Crippen LogP contribution in [0.1, 0.15) is 163 Å². The van der Waals surface area contributed by atoms with Crippen LogP contribution in [0.25, 0.3) is 0 Å². The Kier molecular flexibility index (Phi) is 29.5. The highest BCUT2D eigenvalue weighted by atomic mass is 16.5. The number of ether oxygens (including phenoxy) is 1. The van der Waals surface area contributed by atoms with Gasteiger partial charge in [-0.1, -0.05) is 104 Å². The van der Waals surface area contributed by atoms with E-state index in [1.54, 1.807) is 41.5 Å². The molecule has 0 aromatic rings. The number of hydrogen-bond acceptors (Lipinski definition) is 12. The maximum Gasteiger partial charge on any atom is 0.246 e. The van der Waals surface area contributed by atoms with Crippen LogP contribution in [0.15, 0.2) is 0 Å². The van der Waals surface area contributed by atoms with Gasteiger partial charge in [-0.15, -0.1) is 0 Å². The van der Waals surface area contributed by atoms with Gasteiger partial charge in [-0.25, -0.2) is 0 Å². The smallest absolute Gasteiger partial charge is 0.246 e. The molecule has 23 heteroatoms. The number of nitrogens with zero attached hydrogens (tertiary/aromatic N) is 7. The Hall–Kier alpha value is -5.87. The van der Waals surface area contributed by atoms with Gasteiger partial charge in [0.05, 0.1) is 6.10 Å². The van der Waals surface area contributed by atoms with Crippen molar-refractivity contribution in [2.75, 3.05) is 55.9 Å². The summed E-state index contributed by atoms with van der Waals surface area (Å²) in [5.41, 5.74) is 0. The second kappa shape index (κ2) is 33.3. The van der Waals surface area contributed by atoms with E-state index in [-0.39, 0.29) is 68.1 Å². The van der Waals surface area contributed by atoms with Crippen molar-refractivity contribution in [3.05, 3.63) is 0 Å². The van der Waals surface area contributed by atoms with Crippen molar-refractivity contribution < 1.29 is 57.5 Å². The first-order valence-corrected chi connectivity index (χ1v) is 31.0. The zero-order valence-electron chi connectivity index (χ0n) is 56.2. The molecule has 0 spiro atoms. The average Bonchev–Trinajstić information content (AvgIpc) is 3.35. The molecular weight excluding hydrogens is 1090 g/mol. The Balaban J connectivity index is 2.98. The van der Waals surface area contributed by atoms with Gasteiger partial charge in [0.15, 0.2) is 0 Å². The number of hydrogen-bond donors (Lipinski definition) is 4. The summed E-state index contributed by atoms with van der Waals surface area (Å²) < 4.78 is 6.19. The molecule has 2 aliphatic heterocycles. The lowest BCUT2D eigenvalue weighted by molar-refractivity contribution is -0.157. The Morgan fingerprint density at radius 1 is 0.400 bits per heavy atom. The number of rotatable bonds is 13. The molecule has 2 saturated heterocycles. The van der Waals surface area contributed by atoms with E-state index in [0.29, 0.717) is 13.0 Å². The molecule has 0 aromatic carbocycles. The van der Waals surface area contributed by atoms with Crippen molar-refractivity contribution in [3.63, 3.8) is 0 Å². The number of likely N-dealkylation sites (N-methyl/N-ethyl adjacent to an activating group) is 7. The van der Waals surface area contributed by atoms with E-state index in [2.05, 4.69) is 21.3 Å². The lowest BCUT2D eigenvalue weighted by atomic mass is 9.93. The number of nitrogens with one attached hydrogen (secondary N) is 4. The summed E-state index contributed by atoms with van der Waals surface area (Å²) in [6, 6.07) is -12.8. The van der Waals surface area contributed by atoms with Crippen LogP contribution < -0.4 is 21.3 Å². The van der Waals surface area contributed by atoms with E-state index in [9.17, 15) is 43.2 Å². The van der Waals surface area contributed by atoms with Crippen LogP contribution >= 0.6 is 0 Å². The summed E-state index contributed by atoms with van der Waals surface area (Å²) >= 11 is 0. The van der Waals surface area contributed by atoms with Crippen LogP contribution in [0.5, 0.6) is 0 Å². The predicted octanol–water partition coefficient (Wildman–Crippen LogP) is 3.51. The van der Waals surface area contributed by atoms with E-state index in [1.165, 1.54) is 97.5 Å². The summed E-state index contributed by atoms with van der Waals surface area (Å²) in [6.45, 7) is 30.6. The third kappa shape index (κ3) is 19.6. The molecule has 0 unspecified atom stereocenters. The quantitative estimate of drug-likeness (QED) is 0.207. The largest absolute Gasteiger partial charge is 0.375 e. The van der Waals surface area contributed by atoms with Gasteiger partial charge in [0.2, 0.25) is 65.0 Å². The molecule has 0 aromatic heterocycles. The first-order chi connectivity index (χ1) is 39.3. The van der Waals surface area contributed by atoms with Gasteiger partial charge in [0, 0.05) is 55.9 Å². The molecule has 2 rings (SSSR count). The van der Waals surface area contributed by atoms with Crippen LogP contribution in [0.4, 0.5) is 0 Å². The summed E-state index contributed by atoms with van der Waals surface area (Å²) in [6.07, 6.45) is 0.668. The molecule has 2 aliphatic rings. The molecule has 11 amide bonds. The topological polar surface area (TPSA) is 268 Å². The summed E-state index contributed by atoms with van der Waals surface area (Å²) in [4.78, 5) is 171. The monoisotopic (exact) mass is 1200 g/mol. The normalized spacial score (nSPS) is 29.6. The van der Waals surface area contributed by atoms with Gasteiger partial charge < -0.3 is 60.3 Å². The van der Waals surface area contributed by atoms with E-state index in [0.717, 1.165) is 0 Å². The van der Waals surface area contributed by atoms with Crippen LogP contribution in [0.2, 0.25) is 0 Å². The van der Waals surface area contributed by atoms with Crippen molar-refractivity contribution in [2.45, 2.75) is 235 Å². The highest BCUT2D eigenvalue weighted by Crippen LogP contribution is 2.29. The van der Waals surface area contributed by atoms with Crippen molar-refractivity contribution in [1.82, 2.24) is 55.6 Å². The first kappa shape index (κ1) is 75.2. The standard InChI is InChI=1S/C62H111N11O12/c1-25-42-57(79)67(18)43(26-2)58(80)68(19)45(30-34(5)6)54(76)66-48(37(11)12)61(83)69(20)44(29-33(3)4)53(75)63-40(16)52(74)64-41(17)56(78)70(21)46(31-35(7)8)59(81)71(22)47(32-36(9)10)60(82)72(23)49(38(13)14)62(84)73(24)50(55(77)65-42)51-39(15)27-28-85-51/h33-51H,25-32H2,1-24H3,(H,63,75)(H,64,74)(H,65,77)(H,66,76)/t39-,40+,41-,42+,43-,44+,45+,46+,47+,48+,49+,50+,51-/m1/s1. The van der Waals surface area contributed by atoms with Gasteiger partial charge in [-0.3, -0.25) is 52.7 Å². The Morgan fingerprint density at radius 2 is 0.800 bits per heavy atom. The van der Waals surface area contributed by atoms with Gasteiger partial charge in [-0.2, -0.15) is 0 Å². The molecule has 0 radical (unpaired) electrons. The van der Waals surface area contributed by atoms with Crippen LogP contribution in [0.3, 0.4) is 0 Å². The third-order valence-corrected chi connectivity index (χ3v) is 16.9. The van der Waals surface area contributed by atoms with Gasteiger partial charge in [0.25, 0.3) is 0 Å². The zero-order chi connectivity index (χ0) is 65.6. The second-order valence-electron chi connectivity index (χ2n) is 26.5.